The van der Waals surface area contributed by atoms with Crippen LogP contribution in [0.15, 0.2) is 24.8 Å². The number of benzene rings is 1. The molecule has 0 radical (unpaired) electrons. The predicted molar refractivity (Wildman–Crippen MR) is 56.5 cm³/mol. The molecule has 0 saturated carbocycles. The van der Waals surface area contributed by atoms with E-state index in [1.54, 1.807) is 6.08 Å². The van der Waals surface area contributed by atoms with E-state index in [1.165, 1.54) is 0 Å². The van der Waals surface area contributed by atoms with Gasteiger partial charge in [0, 0.05) is 17.9 Å². The van der Waals surface area contributed by atoms with Crippen LogP contribution in [0.2, 0.25) is 0 Å². The van der Waals surface area contributed by atoms with Gasteiger partial charge in [-0.2, -0.15) is 0 Å². The fourth-order valence-corrected chi connectivity index (χ4v) is 1.10. The van der Waals surface area contributed by atoms with E-state index in [0.717, 1.165) is 11.3 Å². The van der Waals surface area contributed by atoms with Crippen LogP contribution in [0.3, 0.4) is 0 Å². The Balaban J connectivity index is 2.86. The van der Waals surface area contributed by atoms with Gasteiger partial charge < -0.3 is 16.2 Å². The van der Waals surface area contributed by atoms with Crippen LogP contribution in [0, 0.1) is 0 Å². The molecule has 0 saturated heterocycles. The highest BCUT2D eigenvalue weighted by Crippen LogP contribution is 2.19. The molecule has 4 N–H and O–H groups in total. The van der Waals surface area contributed by atoms with Crippen molar-refractivity contribution in [3.63, 3.8) is 0 Å². The zero-order chi connectivity index (χ0) is 9.68. The van der Waals surface area contributed by atoms with Crippen molar-refractivity contribution >= 4 is 17.5 Å². The Hall–Kier alpha value is -1.48. The lowest BCUT2D eigenvalue weighted by Crippen LogP contribution is -2.06. The normalized spacial score (nSPS) is 9.62. The molecular formula is C10H14N2O. The van der Waals surface area contributed by atoms with Gasteiger partial charge in [-0.25, -0.2) is 0 Å². The van der Waals surface area contributed by atoms with E-state index in [4.69, 9.17) is 10.8 Å². The van der Waals surface area contributed by atoms with Crippen molar-refractivity contribution in [3.05, 3.63) is 30.3 Å². The molecule has 70 valence electrons. The molecule has 0 amide bonds. The van der Waals surface area contributed by atoms with Crippen LogP contribution in [-0.4, -0.2) is 18.3 Å². The van der Waals surface area contributed by atoms with Crippen LogP contribution in [0.25, 0.3) is 6.08 Å². The Morgan fingerprint density at radius 3 is 2.92 bits per heavy atom. The molecule has 1 aromatic rings. The van der Waals surface area contributed by atoms with Gasteiger partial charge >= 0.3 is 0 Å². The monoisotopic (exact) mass is 178 g/mol. The summed E-state index contributed by atoms with van der Waals surface area (Å²) in [6, 6.07) is 5.53. The fourth-order valence-electron chi connectivity index (χ4n) is 1.10. The topological polar surface area (TPSA) is 58.3 Å². The third kappa shape index (κ3) is 2.49. The Bertz CT molecular complexity index is 297. The molecule has 0 fully saturated rings. The molecular weight excluding hydrogens is 164 g/mol. The first-order valence-electron chi connectivity index (χ1n) is 4.14. The van der Waals surface area contributed by atoms with Gasteiger partial charge in [0.25, 0.3) is 0 Å². The van der Waals surface area contributed by atoms with E-state index in [2.05, 4.69) is 11.9 Å². The van der Waals surface area contributed by atoms with Crippen LogP contribution in [0.5, 0.6) is 0 Å². The van der Waals surface area contributed by atoms with Gasteiger partial charge in [-0.1, -0.05) is 12.7 Å². The SMILES string of the molecule is C=Cc1cc(N)ccc1NCCO. The fraction of sp³-hybridized carbons (Fsp3) is 0.200. The highest BCUT2D eigenvalue weighted by molar-refractivity contribution is 5.69. The average Bonchev–Trinajstić information content (AvgIpc) is 2.16. The van der Waals surface area contributed by atoms with E-state index in [-0.39, 0.29) is 6.61 Å². The Morgan fingerprint density at radius 1 is 1.54 bits per heavy atom. The summed E-state index contributed by atoms with van der Waals surface area (Å²) in [6.45, 7) is 4.33. The maximum atomic E-state index is 8.63. The summed E-state index contributed by atoms with van der Waals surface area (Å²) in [5.41, 5.74) is 8.21. The standard InChI is InChI=1S/C10H14N2O/c1-2-8-7-9(11)3-4-10(8)12-5-6-13/h2-4,7,12-13H,1,5-6,11H2. The molecule has 0 atom stereocenters. The van der Waals surface area contributed by atoms with Gasteiger partial charge in [0.05, 0.1) is 6.61 Å². The quantitative estimate of drug-likeness (QED) is 0.609. The summed E-state index contributed by atoms with van der Waals surface area (Å²) in [4.78, 5) is 0. The number of nitrogens with two attached hydrogens (primary N) is 1. The minimum Gasteiger partial charge on any atom is -0.399 e. The lowest BCUT2D eigenvalue weighted by Gasteiger charge is -2.08. The van der Waals surface area contributed by atoms with E-state index < -0.39 is 0 Å². The van der Waals surface area contributed by atoms with Crippen molar-refractivity contribution < 1.29 is 5.11 Å². The summed E-state index contributed by atoms with van der Waals surface area (Å²) < 4.78 is 0. The Kier molecular flexibility index (Phi) is 3.34. The van der Waals surface area contributed by atoms with Crippen LogP contribution >= 0.6 is 0 Å². The molecule has 0 aliphatic heterocycles. The molecule has 0 heterocycles. The number of hydrogen-bond acceptors (Lipinski definition) is 3. The van der Waals surface area contributed by atoms with Crippen molar-refractivity contribution in [1.29, 1.82) is 0 Å². The number of rotatable bonds is 4. The lowest BCUT2D eigenvalue weighted by atomic mass is 10.1. The van der Waals surface area contributed by atoms with Crippen molar-refractivity contribution in [2.24, 2.45) is 0 Å². The van der Waals surface area contributed by atoms with E-state index in [9.17, 15) is 0 Å². The second kappa shape index (κ2) is 4.52. The highest BCUT2D eigenvalue weighted by atomic mass is 16.3. The minimum absolute atomic E-state index is 0.112. The maximum absolute atomic E-state index is 8.63. The van der Waals surface area contributed by atoms with E-state index in [0.29, 0.717) is 12.2 Å². The summed E-state index contributed by atoms with van der Waals surface area (Å²) in [6.07, 6.45) is 1.73. The third-order valence-electron chi connectivity index (χ3n) is 1.72. The Morgan fingerprint density at radius 2 is 2.31 bits per heavy atom. The first-order valence-corrected chi connectivity index (χ1v) is 4.14. The zero-order valence-electron chi connectivity index (χ0n) is 7.46. The average molecular weight is 178 g/mol. The van der Waals surface area contributed by atoms with Crippen LogP contribution in [0.4, 0.5) is 11.4 Å². The van der Waals surface area contributed by atoms with Gasteiger partial charge in [-0.05, 0) is 23.8 Å². The first kappa shape index (κ1) is 9.61. The molecule has 3 nitrogen and oxygen atoms in total. The maximum Gasteiger partial charge on any atom is 0.0604 e. The van der Waals surface area contributed by atoms with Gasteiger partial charge in [0.15, 0.2) is 0 Å². The molecule has 0 aliphatic rings. The summed E-state index contributed by atoms with van der Waals surface area (Å²) in [5.74, 6) is 0. The molecule has 13 heavy (non-hydrogen) atoms. The number of hydrogen-bond donors (Lipinski definition) is 3. The van der Waals surface area contributed by atoms with E-state index >= 15 is 0 Å². The predicted octanol–water partition coefficient (Wildman–Crippen LogP) is 1.32. The van der Waals surface area contributed by atoms with Crippen molar-refractivity contribution in [1.82, 2.24) is 0 Å². The van der Waals surface area contributed by atoms with Crippen molar-refractivity contribution in [2.45, 2.75) is 0 Å². The van der Waals surface area contributed by atoms with E-state index in [1.807, 2.05) is 18.2 Å². The Labute approximate surface area is 77.9 Å². The first-order chi connectivity index (χ1) is 6.27. The zero-order valence-corrected chi connectivity index (χ0v) is 7.46. The summed E-state index contributed by atoms with van der Waals surface area (Å²) in [5, 5.41) is 11.7. The number of anilines is 2. The number of nitrogen functional groups attached to an aromatic ring is 1. The molecule has 1 rings (SSSR count). The summed E-state index contributed by atoms with van der Waals surface area (Å²) in [7, 11) is 0. The lowest BCUT2D eigenvalue weighted by molar-refractivity contribution is 0.311. The highest BCUT2D eigenvalue weighted by Gasteiger charge is 1.97. The largest absolute Gasteiger partial charge is 0.399 e. The molecule has 0 bridgehead atoms. The van der Waals surface area contributed by atoms with Crippen molar-refractivity contribution in [3.8, 4) is 0 Å². The van der Waals surface area contributed by atoms with Crippen LogP contribution < -0.4 is 11.1 Å². The van der Waals surface area contributed by atoms with Gasteiger partial charge in [0.2, 0.25) is 0 Å². The molecule has 0 aliphatic carbocycles. The third-order valence-corrected chi connectivity index (χ3v) is 1.72. The molecule has 0 aromatic heterocycles. The summed E-state index contributed by atoms with van der Waals surface area (Å²) >= 11 is 0. The number of nitrogens with one attached hydrogen (secondary N) is 1. The van der Waals surface area contributed by atoms with Gasteiger partial charge in [0.1, 0.15) is 0 Å². The van der Waals surface area contributed by atoms with Crippen molar-refractivity contribution in [2.75, 3.05) is 24.2 Å². The number of aliphatic hydroxyl groups is 1. The number of aliphatic hydroxyl groups excluding tert-OH is 1. The molecule has 0 unspecified atom stereocenters. The second-order valence-electron chi connectivity index (χ2n) is 2.70. The molecule has 1 aromatic carbocycles. The van der Waals surface area contributed by atoms with Gasteiger partial charge in [-0.3, -0.25) is 0 Å². The second-order valence-corrected chi connectivity index (χ2v) is 2.70. The molecule has 3 heteroatoms. The van der Waals surface area contributed by atoms with Crippen LogP contribution in [0.1, 0.15) is 5.56 Å². The van der Waals surface area contributed by atoms with Gasteiger partial charge in [-0.15, -0.1) is 0 Å². The minimum atomic E-state index is 0.112. The smallest absolute Gasteiger partial charge is 0.0604 e. The molecule has 0 spiro atoms. The van der Waals surface area contributed by atoms with Crippen LogP contribution in [-0.2, 0) is 0 Å².